The molecule has 6 heteroatoms. The Kier molecular flexibility index (Phi) is 3.27. The molecule has 0 spiro atoms. The summed E-state index contributed by atoms with van der Waals surface area (Å²) in [4.78, 5) is 25.4. The lowest BCUT2D eigenvalue weighted by molar-refractivity contribution is 0.915. The van der Waals surface area contributed by atoms with Gasteiger partial charge in [-0.25, -0.2) is 9.97 Å². The van der Waals surface area contributed by atoms with Crippen LogP contribution >= 0.6 is 23.1 Å². The first kappa shape index (κ1) is 13.0. The van der Waals surface area contributed by atoms with Crippen LogP contribution in [0.25, 0.3) is 10.2 Å². The van der Waals surface area contributed by atoms with Crippen LogP contribution in [0.5, 0.6) is 0 Å². The van der Waals surface area contributed by atoms with Crippen LogP contribution < -0.4 is 5.56 Å². The second-order valence-corrected chi connectivity index (χ2v) is 7.11. The fraction of sp³-hybridized carbons (Fsp3) is 0.267. The quantitative estimate of drug-likeness (QED) is 0.596. The third-order valence-corrected chi connectivity index (χ3v) is 5.94. The van der Waals surface area contributed by atoms with E-state index in [0.29, 0.717) is 0 Å². The first-order chi connectivity index (χ1) is 10.3. The highest BCUT2D eigenvalue weighted by molar-refractivity contribution is 7.98. The Balaban J connectivity index is 1.69. The van der Waals surface area contributed by atoms with Crippen molar-refractivity contribution < 1.29 is 0 Å². The first-order valence-electron chi connectivity index (χ1n) is 6.87. The third-order valence-electron chi connectivity index (χ3n) is 3.68. The van der Waals surface area contributed by atoms with Gasteiger partial charge in [-0.1, -0.05) is 0 Å². The van der Waals surface area contributed by atoms with Gasteiger partial charge in [0.25, 0.3) is 0 Å². The van der Waals surface area contributed by atoms with Crippen molar-refractivity contribution in [2.75, 3.05) is 0 Å². The lowest BCUT2D eigenvalue weighted by atomic mass is 10.2. The van der Waals surface area contributed by atoms with Crippen LogP contribution in [-0.2, 0) is 18.6 Å². The second-order valence-electron chi connectivity index (χ2n) is 5.07. The van der Waals surface area contributed by atoms with E-state index in [9.17, 15) is 4.79 Å². The highest BCUT2D eigenvalue weighted by atomic mass is 32.2. The van der Waals surface area contributed by atoms with Crippen LogP contribution in [-0.4, -0.2) is 15.0 Å². The SMILES string of the molecule is O=c1cc(CSc2ncnc3sc4c(c23)CCC4)cc[nH]1. The van der Waals surface area contributed by atoms with E-state index in [0.717, 1.165) is 27.6 Å². The van der Waals surface area contributed by atoms with Crippen molar-refractivity contribution in [3.63, 3.8) is 0 Å². The summed E-state index contributed by atoms with van der Waals surface area (Å²) in [5.74, 6) is 0.751. The number of rotatable bonds is 3. The number of nitrogens with one attached hydrogen (secondary N) is 1. The van der Waals surface area contributed by atoms with Gasteiger partial charge in [-0.15, -0.1) is 23.1 Å². The number of aromatic amines is 1. The molecule has 0 radical (unpaired) electrons. The Hall–Kier alpha value is -1.66. The Labute approximate surface area is 129 Å². The zero-order valence-corrected chi connectivity index (χ0v) is 12.9. The first-order valence-corrected chi connectivity index (χ1v) is 8.67. The molecular weight excluding hydrogens is 302 g/mol. The Morgan fingerprint density at radius 1 is 1.33 bits per heavy atom. The molecule has 3 aromatic heterocycles. The van der Waals surface area contributed by atoms with Crippen molar-refractivity contribution in [1.29, 1.82) is 0 Å². The van der Waals surface area contributed by atoms with Crippen molar-refractivity contribution in [2.24, 2.45) is 0 Å². The van der Waals surface area contributed by atoms with E-state index >= 15 is 0 Å². The van der Waals surface area contributed by atoms with Gasteiger partial charge in [0.15, 0.2) is 0 Å². The summed E-state index contributed by atoms with van der Waals surface area (Å²) in [5, 5.41) is 2.28. The molecular formula is C15H13N3OS2. The van der Waals surface area contributed by atoms with Crippen LogP contribution in [0.3, 0.4) is 0 Å². The number of fused-ring (bicyclic) bond motifs is 3. The van der Waals surface area contributed by atoms with Gasteiger partial charge >= 0.3 is 0 Å². The summed E-state index contributed by atoms with van der Waals surface area (Å²) >= 11 is 3.49. The van der Waals surface area contributed by atoms with Gasteiger partial charge in [0.05, 0.1) is 0 Å². The van der Waals surface area contributed by atoms with Gasteiger partial charge < -0.3 is 4.98 Å². The van der Waals surface area contributed by atoms with Crippen molar-refractivity contribution in [1.82, 2.24) is 15.0 Å². The molecule has 1 aliphatic rings. The van der Waals surface area contributed by atoms with E-state index in [4.69, 9.17) is 0 Å². The fourth-order valence-electron chi connectivity index (χ4n) is 2.74. The van der Waals surface area contributed by atoms with Crippen LogP contribution in [0.2, 0.25) is 0 Å². The Morgan fingerprint density at radius 3 is 3.19 bits per heavy atom. The van der Waals surface area contributed by atoms with Crippen LogP contribution in [0, 0.1) is 0 Å². The molecule has 1 N–H and O–H groups in total. The van der Waals surface area contributed by atoms with Gasteiger partial charge in [-0.05, 0) is 36.5 Å². The molecule has 106 valence electrons. The average molecular weight is 315 g/mol. The summed E-state index contributed by atoms with van der Waals surface area (Å²) < 4.78 is 0. The molecule has 21 heavy (non-hydrogen) atoms. The molecule has 0 bridgehead atoms. The molecule has 0 saturated heterocycles. The lowest BCUT2D eigenvalue weighted by Gasteiger charge is -2.03. The maximum Gasteiger partial charge on any atom is 0.248 e. The molecule has 3 heterocycles. The van der Waals surface area contributed by atoms with E-state index in [1.165, 1.54) is 28.7 Å². The van der Waals surface area contributed by atoms with E-state index in [-0.39, 0.29) is 5.56 Å². The predicted molar refractivity (Wildman–Crippen MR) is 86.1 cm³/mol. The fourth-order valence-corrected chi connectivity index (χ4v) is 5.00. The molecule has 0 unspecified atom stereocenters. The summed E-state index contributed by atoms with van der Waals surface area (Å²) in [6, 6.07) is 3.58. The maximum atomic E-state index is 11.3. The number of aromatic nitrogens is 3. The number of thioether (sulfide) groups is 1. The Bertz CT molecular complexity index is 869. The van der Waals surface area contributed by atoms with Gasteiger partial charge in [0.1, 0.15) is 16.2 Å². The van der Waals surface area contributed by atoms with Crippen LogP contribution in [0.15, 0.2) is 34.5 Å². The maximum absolute atomic E-state index is 11.3. The summed E-state index contributed by atoms with van der Waals surface area (Å²) in [7, 11) is 0. The number of H-pyrrole nitrogens is 1. The number of aryl methyl sites for hydroxylation is 2. The number of hydrogen-bond donors (Lipinski definition) is 1. The monoisotopic (exact) mass is 315 g/mol. The molecule has 0 aliphatic heterocycles. The molecule has 3 aromatic rings. The molecule has 0 aromatic carbocycles. The summed E-state index contributed by atoms with van der Waals surface area (Å²) in [6.45, 7) is 0. The smallest absolute Gasteiger partial charge is 0.248 e. The predicted octanol–water partition coefficient (Wildman–Crippen LogP) is 3.16. The van der Waals surface area contributed by atoms with Gasteiger partial charge in [0.2, 0.25) is 5.56 Å². The van der Waals surface area contributed by atoms with Crippen molar-refractivity contribution in [3.8, 4) is 0 Å². The van der Waals surface area contributed by atoms with Crippen molar-refractivity contribution in [2.45, 2.75) is 30.0 Å². The molecule has 1 aliphatic carbocycles. The molecule has 0 saturated carbocycles. The van der Waals surface area contributed by atoms with Crippen molar-refractivity contribution >= 4 is 33.3 Å². The molecule has 4 nitrogen and oxygen atoms in total. The minimum atomic E-state index is -0.0580. The minimum Gasteiger partial charge on any atom is -0.329 e. The standard InChI is InChI=1S/C15H13N3OS2/c19-12-6-9(4-5-16-12)7-20-14-13-10-2-1-3-11(10)21-15(13)18-8-17-14/h4-6,8H,1-3,7H2,(H,16,19). The number of pyridine rings is 1. The van der Waals surface area contributed by atoms with E-state index in [1.54, 1.807) is 41.7 Å². The van der Waals surface area contributed by atoms with Crippen LogP contribution in [0.1, 0.15) is 22.4 Å². The highest BCUT2D eigenvalue weighted by Crippen LogP contribution is 2.40. The van der Waals surface area contributed by atoms with Gasteiger partial charge in [-0.2, -0.15) is 0 Å². The molecule has 0 atom stereocenters. The summed E-state index contributed by atoms with van der Waals surface area (Å²) in [5.41, 5.74) is 2.41. The van der Waals surface area contributed by atoms with E-state index in [2.05, 4.69) is 15.0 Å². The number of nitrogens with zero attached hydrogens (tertiary/aromatic N) is 2. The number of thiophene rings is 1. The van der Waals surface area contributed by atoms with Gasteiger partial charge in [0, 0.05) is 28.3 Å². The Morgan fingerprint density at radius 2 is 2.29 bits per heavy atom. The number of hydrogen-bond acceptors (Lipinski definition) is 5. The van der Waals surface area contributed by atoms with Gasteiger partial charge in [-0.3, -0.25) is 4.79 Å². The average Bonchev–Trinajstić information content (AvgIpc) is 3.05. The van der Waals surface area contributed by atoms with Crippen molar-refractivity contribution in [3.05, 3.63) is 51.0 Å². The lowest BCUT2D eigenvalue weighted by Crippen LogP contribution is -2.03. The largest absolute Gasteiger partial charge is 0.329 e. The zero-order valence-electron chi connectivity index (χ0n) is 11.3. The molecule has 0 amide bonds. The topological polar surface area (TPSA) is 58.6 Å². The zero-order chi connectivity index (χ0) is 14.2. The minimum absolute atomic E-state index is 0.0580. The van der Waals surface area contributed by atoms with E-state index in [1.807, 2.05) is 6.07 Å². The van der Waals surface area contributed by atoms with Crippen LogP contribution in [0.4, 0.5) is 0 Å². The van der Waals surface area contributed by atoms with E-state index < -0.39 is 0 Å². The molecule has 4 rings (SSSR count). The third kappa shape index (κ3) is 2.38. The highest BCUT2D eigenvalue weighted by Gasteiger charge is 2.21. The summed E-state index contributed by atoms with van der Waals surface area (Å²) in [6.07, 6.45) is 6.89. The molecule has 0 fully saturated rings. The second kappa shape index (κ2) is 5.27. The normalized spacial score (nSPS) is 13.7.